The van der Waals surface area contributed by atoms with Crippen LogP contribution in [-0.2, 0) is 23.2 Å². The van der Waals surface area contributed by atoms with Crippen molar-refractivity contribution in [3.63, 3.8) is 0 Å². The molecule has 0 bridgehead atoms. The number of amides is 1. The minimum atomic E-state index is -0.0848. The molecule has 2 aromatic rings. The molecule has 31 heavy (non-hydrogen) atoms. The van der Waals surface area contributed by atoms with Gasteiger partial charge in [0.2, 0.25) is 5.89 Å². The predicted octanol–water partition coefficient (Wildman–Crippen LogP) is 2.75. The second-order valence-corrected chi connectivity index (χ2v) is 8.69. The SMILES string of the molecule is CN=C(NCc1cccc(C(=O)NCC2CCCO2)c1)NCc1ncc(C(C)(C)C)o1. The van der Waals surface area contributed by atoms with E-state index in [2.05, 4.69) is 46.7 Å². The van der Waals surface area contributed by atoms with Gasteiger partial charge in [-0.1, -0.05) is 32.9 Å². The summed E-state index contributed by atoms with van der Waals surface area (Å²) in [5.74, 6) is 2.00. The molecule has 0 radical (unpaired) electrons. The molecule has 1 aromatic heterocycles. The number of aromatic nitrogens is 1. The highest BCUT2D eigenvalue weighted by atomic mass is 16.5. The number of nitrogens with one attached hydrogen (secondary N) is 3. The Kier molecular flexibility index (Phi) is 7.68. The van der Waals surface area contributed by atoms with Crippen molar-refractivity contribution in [1.82, 2.24) is 20.9 Å². The van der Waals surface area contributed by atoms with Gasteiger partial charge in [0.25, 0.3) is 5.91 Å². The minimum Gasteiger partial charge on any atom is -0.443 e. The van der Waals surface area contributed by atoms with Crippen LogP contribution in [-0.4, -0.2) is 43.2 Å². The van der Waals surface area contributed by atoms with Crippen LogP contribution in [0.4, 0.5) is 0 Å². The van der Waals surface area contributed by atoms with Gasteiger partial charge in [0.15, 0.2) is 5.96 Å². The zero-order valence-corrected chi connectivity index (χ0v) is 18.8. The lowest BCUT2D eigenvalue weighted by Crippen LogP contribution is -2.36. The molecule has 8 nitrogen and oxygen atoms in total. The third-order valence-electron chi connectivity index (χ3n) is 5.09. The van der Waals surface area contributed by atoms with E-state index in [1.54, 1.807) is 13.2 Å². The molecule has 1 amide bonds. The zero-order valence-electron chi connectivity index (χ0n) is 18.8. The maximum atomic E-state index is 12.4. The van der Waals surface area contributed by atoms with Gasteiger partial charge < -0.3 is 25.1 Å². The number of ether oxygens (including phenoxy) is 1. The van der Waals surface area contributed by atoms with E-state index in [1.807, 2.05) is 24.3 Å². The van der Waals surface area contributed by atoms with Crippen molar-refractivity contribution in [2.24, 2.45) is 4.99 Å². The molecule has 0 aliphatic carbocycles. The molecule has 0 spiro atoms. The first kappa shape index (κ1) is 22.8. The van der Waals surface area contributed by atoms with Crippen molar-refractivity contribution >= 4 is 11.9 Å². The lowest BCUT2D eigenvalue weighted by molar-refractivity contribution is 0.0857. The molecular formula is C23H33N5O3. The Bertz CT molecular complexity index is 895. The van der Waals surface area contributed by atoms with Crippen LogP contribution in [0.1, 0.15) is 61.2 Å². The number of guanidine groups is 1. The maximum absolute atomic E-state index is 12.4. The van der Waals surface area contributed by atoms with Crippen LogP contribution in [0.3, 0.4) is 0 Å². The average Bonchev–Trinajstić information content (AvgIpc) is 3.44. The average molecular weight is 428 g/mol. The Morgan fingerprint density at radius 3 is 2.71 bits per heavy atom. The monoisotopic (exact) mass is 427 g/mol. The third kappa shape index (κ3) is 6.82. The topological polar surface area (TPSA) is 101 Å². The summed E-state index contributed by atoms with van der Waals surface area (Å²) in [6, 6.07) is 7.56. The summed E-state index contributed by atoms with van der Waals surface area (Å²) in [6.45, 7) is 8.56. The summed E-state index contributed by atoms with van der Waals surface area (Å²) >= 11 is 0. The fraction of sp³-hybridized carbons (Fsp3) is 0.522. The van der Waals surface area contributed by atoms with E-state index in [-0.39, 0.29) is 17.4 Å². The smallest absolute Gasteiger partial charge is 0.251 e. The van der Waals surface area contributed by atoms with Crippen molar-refractivity contribution < 1.29 is 13.9 Å². The van der Waals surface area contributed by atoms with E-state index in [9.17, 15) is 4.79 Å². The number of hydrogen-bond acceptors (Lipinski definition) is 5. The molecule has 3 N–H and O–H groups in total. The number of oxazole rings is 1. The molecule has 1 aromatic carbocycles. The van der Waals surface area contributed by atoms with Crippen molar-refractivity contribution in [2.75, 3.05) is 20.2 Å². The van der Waals surface area contributed by atoms with Crippen LogP contribution in [0.2, 0.25) is 0 Å². The van der Waals surface area contributed by atoms with Gasteiger partial charge >= 0.3 is 0 Å². The summed E-state index contributed by atoms with van der Waals surface area (Å²) in [5.41, 5.74) is 1.54. The van der Waals surface area contributed by atoms with Crippen LogP contribution in [0.15, 0.2) is 39.9 Å². The van der Waals surface area contributed by atoms with Gasteiger partial charge in [-0.15, -0.1) is 0 Å². The molecular weight excluding hydrogens is 394 g/mol. The van der Waals surface area contributed by atoms with Crippen molar-refractivity contribution in [2.45, 2.75) is 58.2 Å². The summed E-state index contributed by atoms with van der Waals surface area (Å²) < 4.78 is 11.4. The lowest BCUT2D eigenvalue weighted by Gasteiger charge is -2.14. The molecule has 1 aliphatic rings. The summed E-state index contributed by atoms with van der Waals surface area (Å²) in [5, 5.41) is 9.41. The Balaban J connectivity index is 1.48. The number of rotatable bonds is 7. The number of carbonyl (C=O) groups is 1. The number of nitrogens with zero attached hydrogens (tertiary/aromatic N) is 2. The Morgan fingerprint density at radius 2 is 2.03 bits per heavy atom. The van der Waals surface area contributed by atoms with E-state index >= 15 is 0 Å². The van der Waals surface area contributed by atoms with E-state index in [0.29, 0.717) is 37.0 Å². The second kappa shape index (κ2) is 10.4. The van der Waals surface area contributed by atoms with Crippen LogP contribution in [0, 0.1) is 0 Å². The molecule has 168 valence electrons. The first-order chi connectivity index (χ1) is 14.8. The summed E-state index contributed by atoms with van der Waals surface area (Å²) in [4.78, 5) is 21.0. The lowest BCUT2D eigenvalue weighted by atomic mass is 9.94. The quantitative estimate of drug-likeness (QED) is 0.464. The second-order valence-electron chi connectivity index (χ2n) is 8.69. The molecule has 1 unspecified atom stereocenters. The molecule has 3 rings (SSSR count). The van der Waals surface area contributed by atoms with Crippen molar-refractivity contribution in [1.29, 1.82) is 0 Å². The summed E-state index contributed by atoms with van der Waals surface area (Å²) in [6.07, 6.45) is 3.96. The van der Waals surface area contributed by atoms with Crippen LogP contribution >= 0.6 is 0 Å². The first-order valence-corrected chi connectivity index (χ1v) is 10.7. The van der Waals surface area contributed by atoms with Crippen LogP contribution in [0.5, 0.6) is 0 Å². The normalized spacial score (nSPS) is 16.9. The predicted molar refractivity (Wildman–Crippen MR) is 120 cm³/mol. The molecule has 1 aliphatic heterocycles. The zero-order chi connectivity index (χ0) is 22.3. The fourth-order valence-corrected chi connectivity index (χ4v) is 3.24. The molecule has 1 atom stereocenters. The standard InChI is InChI=1S/C23H33N5O3/c1-23(2,3)19-14-25-20(31-19)15-28-22(24-4)27-12-16-7-5-8-17(11-16)21(29)26-13-18-9-6-10-30-18/h5,7-8,11,14,18H,6,9-10,12-13,15H2,1-4H3,(H,26,29)(H2,24,27,28). The Labute approximate surface area is 183 Å². The van der Waals surface area contributed by atoms with Gasteiger partial charge in [-0.2, -0.15) is 0 Å². The van der Waals surface area contributed by atoms with E-state index in [4.69, 9.17) is 9.15 Å². The van der Waals surface area contributed by atoms with E-state index in [0.717, 1.165) is 30.8 Å². The minimum absolute atomic E-state index is 0.0768. The van der Waals surface area contributed by atoms with E-state index in [1.165, 1.54) is 0 Å². The highest BCUT2D eigenvalue weighted by Crippen LogP contribution is 2.22. The highest BCUT2D eigenvalue weighted by Gasteiger charge is 2.19. The number of benzene rings is 1. The molecule has 0 saturated carbocycles. The molecule has 1 saturated heterocycles. The fourth-order valence-electron chi connectivity index (χ4n) is 3.24. The maximum Gasteiger partial charge on any atom is 0.251 e. The van der Waals surface area contributed by atoms with Crippen molar-refractivity contribution in [3.8, 4) is 0 Å². The van der Waals surface area contributed by atoms with E-state index < -0.39 is 0 Å². The molecule has 2 heterocycles. The highest BCUT2D eigenvalue weighted by molar-refractivity contribution is 5.94. The van der Waals surface area contributed by atoms with Crippen LogP contribution in [0.25, 0.3) is 0 Å². The van der Waals surface area contributed by atoms with Gasteiger partial charge in [-0.05, 0) is 30.5 Å². The van der Waals surface area contributed by atoms with Gasteiger partial charge in [0.05, 0.1) is 18.8 Å². The Morgan fingerprint density at radius 1 is 1.23 bits per heavy atom. The van der Waals surface area contributed by atoms with Gasteiger partial charge in [0.1, 0.15) is 5.76 Å². The largest absolute Gasteiger partial charge is 0.443 e. The Hall–Kier alpha value is -2.87. The number of hydrogen-bond donors (Lipinski definition) is 3. The van der Waals surface area contributed by atoms with Crippen LogP contribution < -0.4 is 16.0 Å². The molecule has 1 fully saturated rings. The first-order valence-electron chi connectivity index (χ1n) is 10.7. The number of carbonyl (C=O) groups excluding carboxylic acids is 1. The third-order valence-corrected chi connectivity index (χ3v) is 5.09. The van der Waals surface area contributed by atoms with Gasteiger partial charge in [-0.25, -0.2) is 4.98 Å². The summed E-state index contributed by atoms with van der Waals surface area (Å²) in [7, 11) is 1.71. The molecule has 8 heteroatoms. The van der Waals surface area contributed by atoms with Gasteiger partial charge in [-0.3, -0.25) is 9.79 Å². The van der Waals surface area contributed by atoms with Gasteiger partial charge in [0, 0.05) is 37.7 Å². The van der Waals surface area contributed by atoms with Crippen molar-refractivity contribution in [3.05, 3.63) is 53.2 Å². The number of aliphatic imine (C=N–C) groups is 1.